The minimum absolute atomic E-state index is 0.199. The molecule has 0 bridgehead atoms. The van der Waals surface area contributed by atoms with Crippen LogP contribution < -0.4 is 0 Å². The van der Waals surface area contributed by atoms with E-state index in [0.29, 0.717) is 38.8 Å². The summed E-state index contributed by atoms with van der Waals surface area (Å²) in [6.45, 7) is 11.7. The molecule has 0 rings (SSSR count). The van der Waals surface area contributed by atoms with E-state index >= 15 is 0 Å². The normalized spacial score (nSPS) is 13.4. The lowest BCUT2D eigenvalue weighted by molar-refractivity contribution is -0.148. The molecule has 0 aliphatic carbocycles. The second kappa shape index (κ2) is 12.9. The molecule has 1 unspecified atom stereocenters. The Hall–Kier alpha value is -0.780. The van der Waals surface area contributed by atoms with Gasteiger partial charge in [0.1, 0.15) is 6.61 Å². The number of carbonyl (C=O) groups excluding carboxylic acids is 1. The Balaban J connectivity index is 4.48. The first kappa shape index (κ1) is 20.2. The van der Waals surface area contributed by atoms with Crippen LogP contribution in [-0.2, 0) is 19.0 Å². The zero-order valence-corrected chi connectivity index (χ0v) is 14.1. The molecule has 0 aliphatic rings. The molecule has 0 aromatic heterocycles. The number of rotatable bonds is 14. The predicted octanol–water partition coefficient (Wildman–Crippen LogP) is 3.08. The number of hydrogen-bond donors (Lipinski definition) is 0. The van der Waals surface area contributed by atoms with E-state index in [9.17, 15) is 4.79 Å². The standard InChI is InChI=1S/C16H28O4S/c1-5-8-10-19-13-16(7-3,12-18-9-6-2)14-20-15(17)11-21-4/h5-6H,1-2,7-14H2,3-4H3. The molecule has 0 fully saturated rings. The van der Waals surface area contributed by atoms with Gasteiger partial charge >= 0.3 is 5.97 Å². The van der Waals surface area contributed by atoms with Gasteiger partial charge in [-0.3, -0.25) is 4.79 Å². The summed E-state index contributed by atoms with van der Waals surface area (Å²) in [5, 5.41) is 0. The Kier molecular flexibility index (Phi) is 12.4. The first-order chi connectivity index (χ1) is 10.1. The van der Waals surface area contributed by atoms with E-state index in [2.05, 4.69) is 20.1 Å². The van der Waals surface area contributed by atoms with E-state index in [1.165, 1.54) is 11.8 Å². The number of carbonyl (C=O) groups is 1. The van der Waals surface area contributed by atoms with Crippen molar-refractivity contribution in [2.45, 2.75) is 19.8 Å². The Bertz CT molecular complexity index is 307. The highest BCUT2D eigenvalue weighted by molar-refractivity contribution is 7.99. The van der Waals surface area contributed by atoms with Crippen LogP contribution in [0.1, 0.15) is 19.8 Å². The second-order valence-corrected chi connectivity index (χ2v) is 5.75. The lowest BCUT2D eigenvalue weighted by atomic mass is 9.88. The van der Waals surface area contributed by atoms with Crippen molar-refractivity contribution in [3.8, 4) is 0 Å². The molecular formula is C16H28O4S. The highest BCUT2D eigenvalue weighted by Crippen LogP contribution is 2.24. The average Bonchev–Trinajstić information content (AvgIpc) is 2.49. The zero-order chi connectivity index (χ0) is 16.0. The smallest absolute Gasteiger partial charge is 0.315 e. The van der Waals surface area contributed by atoms with Crippen LogP contribution in [0.25, 0.3) is 0 Å². The molecule has 0 N–H and O–H groups in total. The van der Waals surface area contributed by atoms with Crippen molar-refractivity contribution in [1.82, 2.24) is 0 Å². The summed E-state index contributed by atoms with van der Waals surface area (Å²) < 4.78 is 16.6. The summed E-state index contributed by atoms with van der Waals surface area (Å²) >= 11 is 1.45. The number of thioether (sulfide) groups is 1. The van der Waals surface area contributed by atoms with Crippen molar-refractivity contribution < 1.29 is 19.0 Å². The van der Waals surface area contributed by atoms with Gasteiger partial charge in [-0.1, -0.05) is 19.1 Å². The molecule has 122 valence electrons. The molecule has 0 radical (unpaired) electrons. The summed E-state index contributed by atoms with van der Waals surface area (Å²) in [5.41, 5.74) is -0.307. The Morgan fingerprint density at radius 1 is 1.19 bits per heavy atom. The molecule has 4 nitrogen and oxygen atoms in total. The van der Waals surface area contributed by atoms with Gasteiger partial charge in [-0.05, 0) is 19.1 Å². The lowest BCUT2D eigenvalue weighted by Crippen LogP contribution is -2.38. The molecule has 0 aromatic carbocycles. The largest absolute Gasteiger partial charge is 0.464 e. The first-order valence-electron chi connectivity index (χ1n) is 7.16. The Morgan fingerprint density at radius 2 is 1.90 bits per heavy atom. The summed E-state index contributed by atoms with van der Waals surface area (Å²) in [6, 6.07) is 0. The van der Waals surface area contributed by atoms with Crippen molar-refractivity contribution in [3.63, 3.8) is 0 Å². The fourth-order valence-electron chi connectivity index (χ4n) is 1.64. The molecule has 0 saturated carbocycles. The van der Waals surface area contributed by atoms with Crippen molar-refractivity contribution in [1.29, 1.82) is 0 Å². The summed E-state index contributed by atoms with van der Waals surface area (Å²) in [4.78, 5) is 11.6. The maximum absolute atomic E-state index is 11.6. The lowest BCUT2D eigenvalue weighted by Gasteiger charge is -2.31. The molecule has 0 saturated heterocycles. The van der Waals surface area contributed by atoms with Crippen LogP contribution in [0.5, 0.6) is 0 Å². The van der Waals surface area contributed by atoms with Gasteiger partial charge in [-0.15, -0.1) is 13.2 Å². The van der Waals surface area contributed by atoms with Crippen molar-refractivity contribution in [2.75, 3.05) is 45.0 Å². The molecule has 1 atom stereocenters. The minimum Gasteiger partial charge on any atom is -0.464 e. The summed E-state index contributed by atoms with van der Waals surface area (Å²) in [5.74, 6) is 0.167. The minimum atomic E-state index is -0.307. The van der Waals surface area contributed by atoms with Gasteiger partial charge in [-0.2, -0.15) is 11.8 Å². The van der Waals surface area contributed by atoms with Gasteiger partial charge in [0.15, 0.2) is 0 Å². The maximum atomic E-state index is 11.6. The Morgan fingerprint density at radius 3 is 2.48 bits per heavy atom. The number of esters is 1. The van der Waals surface area contributed by atoms with Gasteiger partial charge < -0.3 is 14.2 Å². The molecule has 0 aliphatic heterocycles. The van der Waals surface area contributed by atoms with Gasteiger partial charge in [0.25, 0.3) is 0 Å². The Labute approximate surface area is 132 Å². The fourth-order valence-corrected chi connectivity index (χ4v) is 1.96. The van der Waals surface area contributed by atoms with Crippen LogP contribution in [0.3, 0.4) is 0 Å². The topological polar surface area (TPSA) is 44.8 Å². The maximum Gasteiger partial charge on any atom is 0.315 e. The van der Waals surface area contributed by atoms with Crippen molar-refractivity contribution >= 4 is 17.7 Å². The monoisotopic (exact) mass is 316 g/mol. The van der Waals surface area contributed by atoms with Gasteiger partial charge in [0, 0.05) is 0 Å². The van der Waals surface area contributed by atoms with Crippen LogP contribution >= 0.6 is 11.8 Å². The van der Waals surface area contributed by atoms with E-state index in [1.807, 2.05) is 12.3 Å². The quantitative estimate of drug-likeness (QED) is 0.280. The third-order valence-electron chi connectivity index (χ3n) is 3.07. The first-order valence-corrected chi connectivity index (χ1v) is 8.55. The average molecular weight is 316 g/mol. The van der Waals surface area contributed by atoms with E-state index in [-0.39, 0.29) is 11.4 Å². The predicted molar refractivity (Wildman–Crippen MR) is 88.7 cm³/mol. The molecule has 21 heavy (non-hydrogen) atoms. The SMILES string of the molecule is C=CCCOCC(CC)(COCC=C)COC(=O)CSC. The van der Waals surface area contributed by atoms with Crippen LogP contribution in [0, 0.1) is 5.41 Å². The fraction of sp³-hybridized carbons (Fsp3) is 0.688. The number of ether oxygens (including phenoxy) is 3. The van der Waals surface area contributed by atoms with Crippen molar-refractivity contribution in [2.24, 2.45) is 5.41 Å². The second-order valence-electron chi connectivity index (χ2n) is 4.88. The molecule has 0 heterocycles. The molecule has 0 amide bonds. The summed E-state index contributed by atoms with van der Waals surface area (Å²) in [7, 11) is 0. The highest BCUT2D eigenvalue weighted by Gasteiger charge is 2.31. The van der Waals surface area contributed by atoms with Crippen LogP contribution in [0.4, 0.5) is 0 Å². The van der Waals surface area contributed by atoms with Crippen molar-refractivity contribution in [3.05, 3.63) is 25.3 Å². The van der Waals surface area contributed by atoms with E-state index in [1.54, 1.807) is 6.08 Å². The molecular weight excluding hydrogens is 288 g/mol. The molecule has 0 aromatic rings. The van der Waals surface area contributed by atoms with E-state index < -0.39 is 0 Å². The third kappa shape index (κ3) is 9.72. The van der Waals surface area contributed by atoms with Gasteiger partial charge in [0.05, 0.1) is 37.6 Å². The van der Waals surface area contributed by atoms with E-state index in [0.717, 1.165) is 12.8 Å². The molecule has 5 heteroatoms. The van der Waals surface area contributed by atoms with Crippen LogP contribution in [0.2, 0.25) is 0 Å². The summed E-state index contributed by atoms with van der Waals surface area (Å²) in [6.07, 6.45) is 7.02. The highest BCUT2D eigenvalue weighted by atomic mass is 32.2. The number of hydrogen-bond acceptors (Lipinski definition) is 5. The molecule has 0 spiro atoms. The van der Waals surface area contributed by atoms with E-state index in [4.69, 9.17) is 14.2 Å². The van der Waals surface area contributed by atoms with Gasteiger partial charge in [0.2, 0.25) is 0 Å². The van der Waals surface area contributed by atoms with Gasteiger partial charge in [-0.25, -0.2) is 0 Å². The zero-order valence-electron chi connectivity index (χ0n) is 13.3. The van der Waals surface area contributed by atoms with Crippen LogP contribution in [0.15, 0.2) is 25.3 Å². The third-order valence-corrected chi connectivity index (χ3v) is 3.59. The van der Waals surface area contributed by atoms with Crippen LogP contribution in [-0.4, -0.2) is 51.0 Å².